The van der Waals surface area contributed by atoms with Gasteiger partial charge in [0.05, 0.1) is 5.69 Å². The number of rotatable bonds is 1. The van der Waals surface area contributed by atoms with E-state index >= 15 is 0 Å². The monoisotopic (exact) mass is 302 g/mol. The number of hydrogen-bond acceptors (Lipinski definition) is 3. The summed E-state index contributed by atoms with van der Waals surface area (Å²) in [7, 11) is 0. The maximum absolute atomic E-state index is 12.2. The number of aromatic amines is 1. The van der Waals surface area contributed by atoms with Crippen molar-refractivity contribution in [2.45, 2.75) is 26.2 Å². The number of aromatic nitrogens is 4. The van der Waals surface area contributed by atoms with Crippen LogP contribution in [0.4, 0.5) is 0 Å². The van der Waals surface area contributed by atoms with Crippen molar-refractivity contribution in [2.24, 2.45) is 0 Å². The van der Waals surface area contributed by atoms with Gasteiger partial charge in [-0.25, -0.2) is 14.5 Å². The van der Waals surface area contributed by atoms with Gasteiger partial charge < -0.3 is 0 Å². The summed E-state index contributed by atoms with van der Waals surface area (Å²) in [6.45, 7) is 6.09. The first-order chi connectivity index (χ1) is 9.86. The minimum atomic E-state index is -0.194. The van der Waals surface area contributed by atoms with E-state index in [4.69, 9.17) is 11.6 Å². The Morgan fingerprint density at radius 2 is 2.05 bits per heavy atom. The van der Waals surface area contributed by atoms with Crippen molar-refractivity contribution < 1.29 is 0 Å². The number of hydrogen-bond donors (Lipinski definition) is 1. The zero-order chi connectivity index (χ0) is 15.2. The first-order valence-corrected chi connectivity index (χ1v) is 6.97. The van der Waals surface area contributed by atoms with Crippen LogP contribution in [0.1, 0.15) is 26.5 Å². The third-order valence-electron chi connectivity index (χ3n) is 3.30. The zero-order valence-electron chi connectivity index (χ0n) is 12.0. The second-order valence-corrected chi connectivity index (χ2v) is 6.33. The van der Waals surface area contributed by atoms with Crippen LogP contribution in [0.2, 0.25) is 5.15 Å². The van der Waals surface area contributed by atoms with E-state index in [1.54, 1.807) is 24.5 Å². The maximum Gasteiger partial charge on any atom is 0.272 e. The van der Waals surface area contributed by atoms with Crippen LogP contribution in [0.25, 0.3) is 16.8 Å². The molecule has 0 amide bonds. The molecule has 0 bridgehead atoms. The molecule has 21 heavy (non-hydrogen) atoms. The molecule has 3 aromatic rings. The van der Waals surface area contributed by atoms with E-state index < -0.39 is 0 Å². The van der Waals surface area contributed by atoms with E-state index in [1.807, 2.05) is 26.8 Å². The van der Waals surface area contributed by atoms with Gasteiger partial charge in [0.2, 0.25) is 0 Å². The zero-order valence-corrected chi connectivity index (χ0v) is 12.8. The highest BCUT2D eigenvalue weighted by atomic mass is 35.5. The molecule has 0 fully saturated rings. The lowest BCUT2D eigenvalue weighted by molar-refractivity contribution is 0.566. The molecule has 0 aliphatic rings. The van der Waals surface area contributed by atoms with Gasteiger partial charge in [-0.05, 0) is 12.1 Å². The van der Waals surface area contributed by atoms with Crippen molar-refractivity contribution in [2.75, 3.05) is 0 Å². The highest BCUT2D eigenvalue weighted by Gasteiger charge is 2.19. The third kappa shape index (κ3) is 2.45. The van der Waals surface area contributed by atoms with Gasteiger partial charge in [-0.3, -0.25) is 9.89 Å². The number of fused-ring (bicyclic) bond motifs is 1. The molecule has 3 rings (SSSR count). The molecule has 0 aliphatic carbocycles. The Balaban J connectivity index is 2.28. The molecule has 0 spiro atoms. The fraction of sp³-hybridized carbons (Fsp3) is 0.267. The topological polar surface area (TPSA) is 63.0 Å². The molecule has 108 valence electrons. The Labute approximate surface area is 126 Å². The predicted octanol–water partition coefficient (Wildman–Crippen LogP) is 3.04. The summed E-state index contributed by atoms with van der Waals surface area (Å²) in [5, 5.41) is 3.36. The SMILES string of the molecule is CC(C)(C)c1cc(=O)n2[nH]cc(-c3ccc(Cl)nc3)c2n1. The van der Waals surface area contributed by atoms with Crippen molar-refractivity contribution in [3.8, 4) is 11.1 Å². The smallest absolute Gasteiger partial charge is 0.272 e. The van der Waals surface area contributed by atoms with Gasteiger partial charge in [0, 0.05) is 35.0 Å². The largest absolute Gasteiger partial charge is 0.296 e. The molecule has 6 heteroatoms. The average molecular weight is 303 g/mol. The van der Waals surface area contributed by atoms with Crippen LogP contribution >= 0.6 is 11.6 Å². The van der Waals surface area contributed by atoms with Gasteiger partial charge in [0.25, 0.3) is 5.56 Å². The standard InChI is InChI=1S/C15H15ClN4O/c1-15(2,3)11-6-13(21)20-14(19-11)10(8-18-20)9-4-5-12(16)17-7-9/h4-8,18H,1-3H3. The van der Waals surface area contributed by atoms with Crippen molar-refractivity contribution in [1.29, 1.82) is 0 Å². The van der Waals surface area contributed by atoms with Gasteiger partial charge in [0.15, 0.2) is 5.65 Å². The molecule has 3 heterocycles. The molecular formula is C15H15ClN4O. The number of nitrogens with zero attached hydrogens (tertiary/aromatic N) is 3. The number of halogens is 1. The van der Waals surface area contributed by atoms with Crippen LogP contribution < -0.4 is 5.56 Å². The molecule has 0 saturated heterocycles. The Morgan fingerprint density at radius 1 is 1.29 bits per heavy atom. The van der Waals surface area contributed by atoms with Crippen LogP contribution in [0.5, 0.6) is 0 Å². The predicted molar refractivity (Wildman–Crippen MR) is 82.8 cm³/mol. The first-order valence-electron chi connectivity index (χ1n) is 6.60. The van der Waals surface area contributed by atoms with Crippen molar-refractivity contribution in [1.82, 2.24) is 19.6 Å². The summed E-state index contributed by atoms with van der Waals surface area (Å²) in [5.74, 6) is 0. The highest BCUT2D eigenvalue weighted by Crippen LogP contribution is 2.25. The molecular weight excluding hydrogens is 288 g/mol. The summed E-state index contributed by atoms with van der Waals surface area (Å²) in [5.41, 5.74) is 2.71. The summed E-state index contributed by atoms with van der Waals surface area (Å²) >= 11 is 5.81. The summed E-state index contributed by atoms with van der Waals surface area (Å²) in [6.07, 6.45) is 3.42. The van der Waals surface area contributed by atoms with E-state index in [9.17, 15) is 4.79 Å². The molecule has 0 atom stereocenters. The van der Waals surface area contributed by atoms with Crippen LogP contribution in [0, 0.1) is 0 Å². The van der Waals surface area contributed by atoms with Gasteiger partial charge in [0.1, 0.15) is 5.15 Å². The van der Waals surface area contributed by atoms with Gasteiger partial charge in [-0.15, -0.1) is 0 Å². The van der Waals surface area contributed by atoms with Crippen LogP contribution in [0.3, 0.4) is 0 Å². The highest BCUT2D eigenvalue weighted by molar-refractivity contribution is 6.29. The van der Waals surface area contributed by atoms with E-state index in [2.05, 4.69) is 15.1 Å². The molecule has 5 nitrogen and oxygen atoms in total. The Morgan fingerprint density at radius 3 is 2.67 bits per heavy atom. The van der Waals surface area contributed by atoms with Crippen LogP contribution in [-0.2, 0) is 5.41 Å². The minimum absolute atomic E-state index is 0.127. The fourth-order valence-corrected chi connectivity index (χ4v) is 2.22. The molecule has 0 saturated carbocycles. The Kier molecular flexibility index (Phi) is 3.10. The molecule has 0 radical (unpaired) electrons. The van der Waals surface area contributed by atoms with Gasteiger partial charge >= 0.3 is 0 Å². The molecule has 0 aromatic carbocycles. The molecule has 3 aromatic heterocycles. The lowest BCUT2D eigenvalue weighted by atomic mass is 9.92. The van der Waals surface area contributed by atoms with Crippen LogP contribution in [-0.4, -0.2) is 19.6 Å². The summed E-state index contributed by atoms with van der Waals surface area (Å²) in [4.78, 5) is 20.9. The van der Waals surface area contributed by atoms with Gasteiger partial charge in [-0.1, -0.05) is 32.4 Å². The first kappa shape index (κ1) is 13.8. The summed E-state index contributed by atoms with van der Waals surface area (Å²) < 4.78 is 1.43. The molecule has 1 N–H and O–H groups in total. The number of H-pyrrole nitrogens is 1. The maximum atomic E-state index is 12.2. The van der Waals surface area contributed by atoms with Crippen molar-refractivity contribution >= 4 is 17.2 Å². The Bertz CT molecular complexity index is 856. The lowest BCUT2D eigenvalue weighted by Crippen LogP contribution is -2.22. The second-order valence-electron chi connectivity index (χ2n) is 5.95. The van der Waals surface area contributed by atoms with Gasteiger partial charge in [-0.2, -0.15) is 0 Å². The minimum Gasteiger partial charge on any atom is -0.296 e. The number of pyridine rings is 1. The van der Waals surface area contributed by atoms with E-state index in [0.29, 0.717) is 10.8 Å². The van der Waals surface area contributed by atoms with Crippen molar-refractivity contribution in [3.63, 3.8) is 0 Å². The quantitative estimate of drug-likeness (QED) is 0.703. The van der Waals surface area contributed by atoms with Crippen molar-refractivity contribution in [3.05, 3.63) is 51.8 Å². The van der Waals surface area contributed by atoms with E-state index in [1.165, 1.54) is 4.52 Å². The van der Waals surface area contributed by atoms with Crippen LogP contribution in [0.15, 0.2) is 35.4 Å². The Hall–Kier alpha value is -2.14. The fourth-order valence-electron chi connectivity index (χ4n) is 2.11. The van der Waals surface area contributed by atoms with E-state index in [0.717, 1.165) is 16.8 Å². The lowest BCUT2D eigenvalue weighted by Gasteiger charge is -2.17. The van der Waals surface area contributed by atoms with E-state index in [-0.39, 0.29) is 11.0 Å². The molecule has 0 aliphatic heterocycles. The normalized spacial score (nSPS) is 12.0. The molecule has 0 unspecified atom stereocenters. The average Bonchev–Trinajstić information content (AvgIpc) is 2.83. The third-order valence-corrected chi connectivity index (χ3v) is 3.53. The number of nitrogens with one attached hydrogen (secondary N) is 1. The second kappa shape index (κ2) is 4.70. The summed E-state index contributed by atoms with van der Waals surface area (Å²) in [6, 6.07) is 5.13.